The quantitative estimate of drug-likeness (QED) is 0.661. The molecule has 0 aliphatic carbocycles. The Balaban J connectivity index is 1.83. The lowest BCUT2D eigenvalue weighted by molar-refractivity contribution is 0.0193. The van der Waals surface area contributed by atoms with Gasteiger partial charge in [0.25, 0.3) is 0 Å². The van der Waals surface area contributed by atoms with E-state index in [4.69, 9.17) is 14.6 Å². The highest BCUT2D eigenvalue weighted by molar-refractivity contribution is 4.62. The Morgan fingerprint density at radius 3 is 2.73 bits per heavy atom. The highest BCUT2D eigenvalue weighted by Crippen LogP contribution is 2.14. The Kier molecular flexibility index (Phi) is 6.98. The van der Waals surface area contributed by atoms with E-state index in [9.17, 15) is 0 Å². The number of ether oxygens (including phenoxy) is 2. The van der Waals surface area contributed by atoms with Crippen LogP contribution in [0.4, 0.5) is 0 Å². The van der Waals surface area contributed by atoms with E-state index in [1.807, 2.05) is 6.92 Å². The zero-order valence-corrected chi connectivity index (χ0v) is 9.78. The third kappa shape index (κ3) is 6.88. The van der Waals surface area contributed by atoms with Crippen molar-refractivity contribution in [2.45, 2.75) is 45.1 Å². The molecule has 15 heavy (non-hydrogen) atoms. The van der Waals surface area contributed by atoms with Crippen LogP contribution in [-0.4, -0.2) is 37.6 Å². The Morgan fingerprint density at radius 1 is 1.33 bits per heavy atom. The molecule has 1 unspecified atom stereocenters. The molecule has 0 spiro atoms. The normalized spacial score (nSPS) is 20.4. The predicted molar refractivity (Wildman–Crippen MR) is 59.9 cm³/mol. The predicted octanol–water partition coefficient (Wildman–Crippen LogP) is 1.98. The number of aliphatic hydroxyl groups excluding tert-OH is 1. The van der Waals surface area contributed by atoms with Gasteiger partial charge in [0.1, 0.15) is 0 Å². The summed E-state index contributed by atoms with van der Waals surface area (Å²) < 4.78 is 10.9. The molecule has 1 saturated heterocycles. The lowest BCUT2D eigenvalue weighted by Gasteiger charge is -2.21. The monoisotopic (exact) mass is 216 g/mol. The van der Waals surface area contributed by atoms with Crippen LogP contribution in [0.3, 0.4) is 0 Å². The van der Waals surface area contributed by atoms with Gasteiger partial charge in [-0.2, -0.15) is 0 Å². The van der Waals surface area contributed by atoms with E-state index in [2.05, 4.69) is 0 Å². The first kappa shape index (κ1) is 12.9. The average Bonchev–Trinajstić information content (AvgIpc) is 2.24. The topological polar surface area (TPSA) is 38.7 Å². The summed E-state index contributed by atoms with van der Waals surface area (Å²) in [7, 11) is 0. The fourth-order valence-corrected chi connectivity index (χ4v) is 1.81. The molecular weight excluding hydrogens is 192 g/mol. The van der Waals surface area contributed by atoms with Gasteiger partial charge in [-0.1, -0.05) is 0 Å². The van der Waals surface area contributed by atoms with E-state index in [0.29, 0.717) is 5.92 Å². The van der Waals surface area contributed by atoms with Crippen LogP contribution < -0.4 is 0 Å². The minimum absolute atomic E-state index is 0.166. The van der Waals surface area contributed by atoms with Crippen LogP contribution in [0.2, 0.25) is 0 Å². The number of unbranched alkanes of at least 4 members (excludes halogenated alkanes) is 1. The molecule has 1 rings (SSSR count). The number of hydrogen-bond acceptors (Lipinski definition) is 3. The molecule has 1 fully saturated rings. The minimum atomic E-state index is -0.166. The van der Waals surface area contributed by atoms with Gasteiger partial charge in [-0.25, -0.2) is 0 Å². The van der Waals surface area contributed by atoms with Crippen LogP contribution in [0.1, 0.15) is 39.0 Å². The molecule has 1 atom stereocenters. The van der Waals surface area contributed by atoms with Crippen molar-refractivity contribution in [3.63, 3.8) is 0 Å². The SMILES string of the molecule is CC(O)CCCCOCC1CCOCC1. The maximum Gasteiger partial charge on any atom is 0.0512 e. The van der Waals surface area contributed by atoms with Crippen molar-refractivity contribution in [2.24, 2.45) is 5.92 Å². The fourth-order valence-electron chi connectivity index (χ4n) is 1.81. The van der Waals surface area contributed by atoms with Gasteiger partial charge in [0.15, 0.2) is 0 Å². The van der Waals surface area contributed by atoms with E-state index < -0.39 is 0 Å². The van der Waals surface area contributed by atoms with Gasteiger partial charge in [-0.05, 0) is 44.9 Å². The summed E-state index contributed by atoms with van der Waals surface area (Å²) in [6.45, 7) is 5.36. The fraction of sp³-hybridized carbons (Fsp3) is 1.00. The summed E-state index contributed by atoms with van der Waals surface area (Å²) in [6, 6.07) is 0. The number of rotatable bonds is 7. The summed E-state index contributed by atoms with van der Waals surface area (Å²) in [5, 5.41) is 9.06. The smallest absolute Gasteiger partial charge is 0.0512 e. The number of hydrogen-bond donors (Lipinski definition) is 1. The van der Waals surface area contributed by atoms with Crippen LogP contribution in [-0.2, 0) is 9.47 Å². The lowest BCUT2D eigenvalue weighted by Crippen LogP contribution is -2.20. The van der Waals surface area contributed by atoms with Gasteiger partial charge in [0.2, 0.25) is 0 Å². The summed E-state index contributed by atoms with van der Waals surface area (Å²) in [6.07, 6.45) is 5.14. The zero-order valence-electron chi connectivity index (χ0n) is 9.78. The molecule has 1 aliphatic heterocycles. The van der Waals surface area contributed by atoms with Gasteiger partial charge >= 0.3 is 0 Å². The standard InChI is InChI=1S/C12H24O3/c1-11(13)4-2-3-7-15-10-12-5-8-14-9-6-12/h11-13H,2-10H2,1H3. The van der Waals surface area contributed by atoms with Gasteiger partial charge in [0, 0.05) is 26.4 Å². The van der Waals surface area contributed by atoms with Crippen molar-refractivity contribution in [2.75, 3.05) is 26.4 Å². The molecule has 0 radical (unpaired) electrons. The molecule has 0 amide bonds. The molecule has 1 N–H and O–H groups in total. The van der Waals surface area contributed by atoms with Crippen molar-refractivity contribution in [3.8, 4) is 0 Å². The summed E-state index contributed by atoms with van der Waals surface area (Å²) >= 11 is 0. The van der Waals surface area contributed by atoms with Gasteiger partial charge in [0.05, 0.1) is 6.10 Å². The van der Waals surface area contributed by atoms with Crippen LogP contribution in [0, 0.1) is 5.92 Å². The van der Waals surface area contributed by atoms with Gasteiger partial charge in [-0.15, -0.1) is 0 Å². The molecule has 0 aromatic rings. The van der Waals surface area contributed by atoms with E-state index in [1.54, 1.807) is 0 Å². The lowest BCUT2D eigenvalue weighted by atomic mass is 10.0. The number of aliphatic hydroxyl groups is 1. The maximum absolute atomic E-state index is 9.06. The summed E-state index contributed by atoms with van der Waals surface area (Å²) in [5.74, 6) is 0.704. The average molecular weight is 216 g/mol. The highest BCUT2D eigenvalue weighted by atomic mass is 16.5. The highest BCUT2D eigenvalue weighted by Gasteiger charge is 2.13. The summed E-state index contributed by atoms with van der Waals surface area (Å²) in [4.78, 5) is 0. The first-order valence-corrected chi connectivity index (χ1v) is 6.12. The third-order valence-corrected chi connectivity index (χ3v) is 2.86. The van der Waals surface area contributed by atoms with E-state index in [1.165, 1.54) is 0 Å². The molecule has 1 heterocycles. The first-order valence-electron chi connectivity index (χ1n) is 6.12. The molecular formula is C12H24O3. The Hall–Kier alpha value is -0.120. The van der Waals surface area contributed by atoms with Gasteiger partial charge in [-0.3, -0.25) is 0 Å². The second kappa shape index (κ2) is 8.08. The molecule has 0 aromatic heterocycles. The second-order valence-corrected chi connectivity index (χ2v) is 4.48. The Morgan fingerprint density at radius 2 is 2.07 bits per heavy atom. The van der Waals surface area contributed by atoms with Crippen molar-refractivity contribution in [1.29, 1.82) is 0 Å². The summed E-state index contributed by atoms with van der Waals surface area (Å²) in [5.41, 5.74) is 0. The Labute approximate surface area is 92.8 Å². The molecule has 0 aromatic carbocycles. The largest absolute Gasteiger partial charge is 0.393 e. The van der Waals surface area contributed by atoms with Crippen LogP contribution in [0.15, 0.2) is 0 Å². The van der Waals surface area contributed by atoms with E-state index in [-0.39, 0.29) is 6.10 Å². The van der Waals surface area contributed by atoms with Crippen LogP contribution in [0.5, 0.6) is 0 Å². The van der Waals surface area contributed by atoms with Crippen molar-refractivity contribution >= 4 is 0 Å². The molecule has 0 saturated carbocycles. The van der Waals surface area contributed by atoms with E-state index in [0.717, 1.165) is 58.5 Å². The van der Waals surface area contributed by atoms with Gasteiger partial charge < -0.3 is 14.6 Å². The van der Waals surface area contributed by atoms with Crippen molar-refractivity contribution < 1.29 is 14.6 Å². The van der Waals surface area contributed by atoms with Crippen LogP contribution in [0.25, 0.3) is 0 Å². The molecule has 3 heteroatoms. The van der Waals surface area contributed by atoms with Crippen molar-refractivity contribution in [3.05, 3.63) is 0 Å². The van der Waals surface area contributed by atoms with Crippen LogP contribution >= 0.6 is 0 Å². The molecule has 90 valence electrons. The third-order valence-electron chi connectivity index (χ3n) is 2.86. The zero-order chi connectivity index (χ0) is 10.9. The maximum atomic E-state index is 9.06. The van der Waals surface area contributed by atoms with E-state index >= 15 is 0 Å². The second-order valence-electron chi connectivity index (χ2n) is 4.48. The molecule has 0 bridgehead atoms. The molecule has 3 nitrogen and oxygen atoms in total. The minimum Gasteiger partial charge on any atom is -0.393 e. The molecule has 1 aliphatic rings. The van der Waals surface area contributed by atoms with Crippen molar-refractivity contribution in [1.82, 2.24) is 0 Å². The first-order chi connectivity index (χ1) is 7.29. The Bertz CT molecular complexity index is 142.